The van der Waals surface area contributed by atoms with Gasteiger partial charge in [0.25, 0.3) is 0 Å². The molecule has 1 fully saturated rings. The van der Waals surface area contributed by atoms with Gasteiger partial charge in [-0.25, -0.2) is 4.68 Å². The second kappa shape index (κ2) is 7.91. The summed E-state index contributed by atoms with van der Waals surface area (Å²) in [7, 11) is 1.60. The Morgan fingerprint density at radius 1 is 1.06 bits per heavy atom. The molecule has 0 radical (unpaired) electrons. The Bertz CT molecular complexity index is 1120. The fourth-order valence-electron chi connectivity index (χ4n) is 4.39. The number of anilines is 2. The highest BCUT2D eigenvalue weighted by atomic mass is 16.5. The second-order valence-electron chi connectivity index (χ2n) is 7.97. The van der Waals surface area contributed by atoms with Gasteiger partial charge in [-0.2, -0.15) is 5.10 Å². The third-order valence-electron chi connectivity index (χ3n) is 6.03. The SMILES string of the molecule is COc1ccc(N2CC(C(=O)Nc3c4c(nn3-c3ccccc3)CCC4)CC2=O)cc1. The molecule has 1 aliphatic carbocycles. The molecule has 1 aliphatic heterocycles. The number of hydrogen-bond acceptors (Lipinski definition) is 4. The van der Waals surface area contributed by atoms with E-state index in [1.54, 1.807) is 12.0 Å². The van der Waals surface area contributed by atoms with E-state index in [0.717, 1.165) is 53.5 Å². The van der Waals surface area contributed by atoms with Gasteiger partial charge in [0.05, 0.1) is 24.4 Å². The van der Waals surface area contributed by atoms with Crippen molar-refractivity contribution in [1.82, 2.24) is 9.78 Å². The topological polar surface area (TPSA) is 76.5 Å². The van der Waals surface area contributed by atoms with Gasteiger partial charge in [-0.15, -0.1) is 0 Å². The zero-order valence-corrected chi connectivity index (χ0v) is 17.4. The van der Waals surface area contributed by atoms with Crippen LogP contribution in [0.4, 0.5) is 11.5 Å². The molecule has 0 spiro atoms. The van der Waals surface area contributed by atoms with E-state index in [4.69, 9.17) is 9.84 Å². The summed E-state index contributed by atoms with van der Waals surface area (Å²) in [6.07, 6.45) is 3.06. The number of ether oxygens (including phenoxy) is 1. The van der Waals surface area contributed by atoms with Gasteiger partial charge in [0.15, 0.2) is 0 Å². The van der Waals surface area contributed by atoms with E-state index in [9.17, 15) is 9.59 Å². The minimum Gasteiger partial charge on any atom is -0.497 e. The lowest BCUT2D eigenvalue weighted by molar-refractivity contribution is -0.122. The van der Waals surface area contributed by atoms with Crippen molar-refractivity contribution in [3.63, 3.8) is 0 Å². The first-order valence-electron chi connectivity index (χ1n) is 10.6. The largest absolute Gasteiger partial charge is 0.497 e. The number of aromatic nitrogens is 2. The number of carbonyl (C=O) groups is 2. The van der Waals surface area contributed by atoms with Gasteiger partial charge in [0.1, 0.15) is 11.6 Å². The van der Waals surface area contributed by atoms with Crippen LogP contribution in [0.5, 0.6) is 5.75 Å². The molecule has 7 heteroatoms. The molecule has 2 amide bonds. The number of amides is 2. The van der Waals surface area contributed by atoms with Crippen LogP contribution in [-0.2, 0) is 22.4 Å². The van der Waals surface area contributed by atoms with E-state index in [0.29, 0.717) is 6.54 Å². The molecule has 5 rings (SSSR count). The van der Waals surface area contributed by atoms with E-state index >= 15 is 0 Å². The van der Waals surface area contributed by atoms with Gasteiger partial charge < -0.3 is 15.0 Å². The summed E-state index contributed by atoms with van der Waals surface area (Å²) in [5, 5.41) is 7.85. The van der Waals surface area contributed by atoms with E-state index < -0.39 is 5.92 Å². The molecule has 2 aliphatic rings. The molecule has 1 saturated heterocycles. The lowest BCUT2D eigenvalue weighted by Crippen LogP contribution is -2.28. The summed E-state index contributed by atoms with van der Waals surface area (Å²) >= 11 is 0. The Kier molecular flexibility index (Phi) is 4.94. The van der Waals surface area contributed by atoms with Crippen LogP contribution in [0.3, 0.4) is 0 Å². The minimum absolute atomic E-state index is 0.0490. The number of nitrogens with zero attached hydrogens (tertiary/aromatic N) is 3. The van der Waals surface area contributed by atoms with Crippen molar-refractivity contribution in [2.45, 2.75) is 25.7 Å². The molecule has 3 aromatic rings. The maximum atomic E-state index is 13.2. The maximum Gasteiger partial charge on any atom is 0.230 e. The van der Waals surface area contributed by atoms with Crippen LogP contribution in [0, 0.1) is 5.92 Å². The predicted octanol–water partition coefficient (Wildman–Crippen LogP) is 3.36. The Hall–Kier alpha value is -3.61. The molecule has 2 heterocycles. The van der Waals surface area contributed by atoms with Crippen LogP contribution < -0.4 is 15.0 Å². The first-order chi connectivity index (χ1) is 15.1. The smallest absolute Gasteiger partial charge is 0.230 e. The number of nitrogens with one attached hydrogen (secondary N) is 1. The Labute approximate surface area is 180 Å². The van der Waals surface area contributed by atoms with Gasteiger partial charge in [0.2, 0.25) is 11.8 Å². The van der Waals surface area contributed by atoms with Gasteiger partial charge in [-0.1, -0.05) is 18.2 Å². The van der Waals surface area contributed by atoms with Crippen LogP contribution in [0.25, 0.3) is 5.69 Å². The summed E-state index contributed by atoms with van der Waals surface area (Å²) in [5.41, 5.74) is 3.83. The number of methoxy groups -OCH3 is 1. The Balaban J connectivity index is 1.37. The fourth-order valence-corrected chi connectivity index (χ4v) is 4.39. The van der Waals surface area contributed by atoms with Crippen molar-refractivity contribution in [3.05, 3.63) is 65.9 Å². The average Bonchev–Trinajstić information content (AvgIpc) is 3.50. The molecule has 2 aromatic carbocycles. The third-order valence-corrected chi connectivity index (χ3v) is 6.03. The summed E-state index contributed by atoms with van der Waals surface area (Å²) in [6.45, 7) is 0.360. The normalized spacial score (nSPS) is 17.6. The monoisotopic (exact) mass is 416 g/mol. The Morgan fingerprint density at radius 3 is 2.58 bits per heavy atom. The highest BCUT2D eigenvalue weighted by molar-refractivity contribution is 6.03. The highest BCUT2D eigenvalue weighted by Gasteiger charge is 2.36. The van der Waals surface area contributed by atoms with Crippen LogP contribution >= 0.6 is 0 Å². The highest BCUT2D eigenvalue weighted by Crippen LogP contribution is 2.32. The molecule has 0 saturated carbocycles. The number of benzene rings is 2. The molecule has 1 unspecified atom stereocenters. The number of fused-ring (bicyclic) bond motifs is 1. The number of hydrogen-bond donors (Lipinski definition) is 1. The van der Waals surface area contributed by atoms with E-state index in [1.807, 2.05) is 59.3 Å². The van der Waals surface area contributed by atoms with Crippen molar-refractivity contribution in [1.29, 1.82) is 0 Å². The molecular weight excluding hydrogens is 392 g/mol. The van der Waals surface area contributed by atoms with Gasteiger partial charge >= 0.3 is 0 Å². The molecule has 31 heavy (non-hydrogen) atoms. The summed E-state index contributed by atoms with van der Waals surface area (Å²) in [6, 6.07) is 17.1. The van der Waals surface area contributed by atoms with Crippen molar-refractivity contribution in [2.24, 2.45) is 5.92 Å². The van der Waals surface area contributed by atoms with Crippen molar-refractivity contribution in [3.8, 4) is 11.4 Å². The van der Waals surface area contributed by atoms with Crippen molar-refractivity contribution >= 4 is 23.3 Å². The quantitative estimate of drug-likeness (QED) is 0.692. The number of para-hydroxylation sites is 1. The van der Waals surface area contributed by atoms with Crippen molar-refractivity contribution < 1.29 is 14.3 Å². The van der Waals surface area contributed by atoms with Gasteiger partial charge in [-0.05, 0) is 55.7 Å². The zero-order chi connectivity index (χ0) is 21.4. The van der Waals surface area contributed by atoms with E-state index in [2.05, 4.69) is 5.32 Å². The minimum atomic E-state index is -0.411. The molecule has 1 atom stereocenters. The van der Waals surface area contributed by atoms with Crippen molar-refractivity contribution in [2.75, 3.05) is 23.9 Å². The van der Waals surface area contributed by atoms with Crippen LogP contribution in [-0.4, -0.2) is 35.2 Å². The molecule has 7 nitrogen and oxygen atoms in total. The van der Waals surface area contributed by atoms with Crippen LogP contribution in [0.15, 0.2) is 54.6 Å². The Morgan fingerprint density at radius 2 is 1.84 bits per heavy atom. The zero-order valence-electron chi connectivity index (χ0n) is 17.4. The standard InChI is InChI=1S/C24H24N4O3/c1-31-19-12-10-17(11-13-19)27-15-16(14-22(27)29)24(30)25-23-20-8-5-9-21(20)26-28(23)18-6-3-2-4-7-18/h2-4,6-7,10-13,16H,5,8-9,14-15H2,1H3,(H,25,30). The van der Waals surface area contributed by atoms with Crippen LogP contribution in [0.1, 0.15) is 24.1 Å². The maximum absolute atomic E-state index is 13.2. The third kappa shape index (κ3) is 3.56. The first kappa shape index (κ1) is 19.4. The number of rotatable bonds is 5. The lowest BCUT2D eigenvalue weighted by Gasteiger charge is -2.17. The second-order valence-corrected chi connectivity index (χ2v) is 7.97. The van der Waals surface area contributed by atoms with Crippen LogP contribution in [0.2, 0.25) is 0 Å². The molecule has 0 bridgehead atoms. The molecule has 1 N–H and O–H groups in total. The molecular formula is C24H24N4O3. The summed E-state index contributed by atoms with van der Waals surface area (Å²) in [5.74, 6) is 0.862. The average molecular weight is 416 g/mol. The predicted molar refractivity (Wildman–Crippen MR) is 118 cm³/mol. The van der Waals surface area contributed by atoms with Gasteiger partial charge in [0, 0.05) is 24.2 Å². The summed E-state index contributed by atoms with van der Waals surface area (Å²) in [4.78, 5) is 27.5. The number of carbonyl (C=O) groups excluding carboxylic acids is 2. The fraction of sp³-hybridized carbons (Fsp3) is 0.292. The van der Waals surface area contributed by atoms with E-state index in [-0.39, 0.29) is 18.2 Å². The van der Waals surface area contributed by atoms with E-state index in [1.165, 1.54) is 0 Å². The lowest BCUT2D eigenvalue weighted by atomic mass is 10.1. The number of aryl methyl sites for hydroxylation is 1. The molecule has 158 valence electrons. The first-order valence-corrected chi connectivity index (χ1v) is 10.6. The summed E-state index contributed by atoms with van der Waals surface area (Å²) < 4.78 is 7.00. The molecule has 1 aromatic heterocycles. The van der Waals surface area contributed by atoms with Gasteiger partial charge in [-0.3, -0.25) is 9.59 Å².